The van der Waals surface area contributed by atoms with Crippen LogP contribution in [-0.4, -0.2) is 25.7 Å². The second-order valence-corrected chi connectivity index (χ2v) is 29.7. The molecule has 5 nitrogen and oxygen atoms in total. The molecule has 8 heteroatoms. The first-order valence-corrected chi connectivity index (χ1v) is 29.7. The van der Waals surface area contributed by atoms with E-state index in [1.54, 1.807) is 12.3 Å². The first kappa shape index (κ1) is 40.1. The van der Waals surface area contributed by atoms with Crippen molar-refractivity contribution in [3.05, 3.63) is 175 Å². The fourth-order valence-electron chi connectivity index (χ4n) is 9.59. The molecule has 0 atom stereocenters. The Labute approximate surface area is 408 Å². The van der Waals surface area contributed by atoms with Gasteiger partial charge in [0.1, 0.15) is 5.82 Å². The Morgan fingerprint density at radius 2 is 1.32 bits per heavy atom. The molecular formula is C57H59N4OPtSi2-3. The second kappa shape index (κ2) is 17.5. The molecule has 0 N–H and O–H groups in total. The van der Waals surface area contributed by atoms with Gasteiger partial charge in [0.2, 0.25) is 0 Å². The van der Waals surface area contributed by atoms with Crippen LogP contribution < -0.4 is 24.9 Å². The molecule has 2 aliphatic rings. The van der Waals surface area contributed by atoms with Crippen molar-refractivity contribution in [3.8, 4) is 17.3 Å². The monoisotopic (exact) mass is 1070 g/mol. The smallest absolute Gasteiger partial charge is 0.135 e. The van der Waals surface area contributed by atoms with Crippen molar-refractivity contribution in [2.24, 2.45) is 0 Å². The van der Waals surface area contributed by atoms with Crippen LogP contribution in [0.4, 0.5) is 22.7 Å². The Bertz CT molecular complexity index is 3170. The van der Waals surface area contributed by atoms with Crippen molar-refractivity contribution in [3.63, 3.8) is 0 Å². The Kier molecular flexibility index (Phi) is 10.8. The van der Waals surface area contributed by atoms with Gasteiger partial charge in [-0.1, -0.05) is 157 Å². The molecule has 0 bridgehead atoms. The van der Waals surface area contributed by atoms with E-state index in [0.29, 0.717) is 34.9 Å². The average molecular weight is 1070 g/mol. The quantitative estimate of drug-likeness (QED) is 0.101. The average Bonchev–Trinajstić information content (AvgIpc) is 3.84. The van der Waals surface area contributed by atoms with Gasteiger partial charge in [0.25, 0.3) is 0 Å². The first-order chi connectivity index (χ1) is 32.3. The third kappa shape index (κ3) is 8.23. The van der Waals surface area contributed by atoms with Crippen LogP contribution in [0.15, 0.2) is 140 Å². The van der Waals surface area contributed by atoms with E-state index >= 15 is 0 Å². The number of aromatic nitrogens is 2. The molecule has 334 valence electrons. The predicted molar refractivity (Wildman–Crippen MR) is 275 cm³/mol. The summed E-state index contributed by atoms with van der Waals surface area (Å²) in [5, 5.41) is 4.87. The molecule has 1 aliphatic heterocycles. The Hall–Kier alpha value is -5.21. The minimum Gasteiger partial charge on any atom is -0.509 e. The summed E-state index contributed by atoms with van der Waals surface area (Å²) in [6.07, 6.45) is -1.13. The number of anilines is 4. The summed E-state index contributed by atoms with van der Waals surface area (Å²) < 4.78 is 47.0. The van der Waals surface area contributed by atoms with Crippen LogP contribution in [0, 0.1) is 18.8 Å². The number of hydrogen-bond donors (Lipinski definition) is 0. The molecule has 1 saturated carbocycles. The zero-order valence-corrected chi connectivity index (χ0v) is 42.8. The number of rotatable bonds is 10. The van der Waals surface area contributed by atoms with Gasteiger partial charge in [0, 0.05) is 72.2 Å². The Morgan fingerprint density at radius 1 is 0.662 bits per heavy atom. The minimum absolute atomic E-state index is 0. The molecule has 6 aromatic carbocycles. The van der Waals surface area contributed by atoms with E-state index in [2.05, 4.69) is 155 Å². The Morgan fingerprint density at radius 3 is 2.02 bits per heavy atom. The van der Waals surface area contributed by atoms with Gasteiger partial charge in [0.15, 0.2) is 0 Å². The van der Waals surface area contributed by atoms with Crippen molar-refractivity contribution >= 4 is 71.1 Å². The van der Waals surface area contributed by atoms with Crippen molar-refractivity contribution in [2.45, 2.75) is 96.5 Å². The maximum Gasteiger partial charge on any atom is 0.135 e. The first-order valence-electron chi connectivity index (χ1n) is 24.7. The standard InChI is InChI=1S/C57H59N4OSi2.Pt/c1-40(2)41-34-44(59-39-60(51-25-16-15-24-50(51)59)56-53(63(3,4)5)26-19-27-54(56)64(6,7)8)37-46(35-41)62-45-28-29-48-47-22-13-14-23-49(47)61(52(48)38-45)55-36-43(30-33-58-55)57(31-17-10-18-32-57)42-20-11-9-12-21-42;/h9,11-16,19-30,33-36,39-40H,10,17-18,31-32H2,1-8H3;/q-3;/i31D2,32D2;. The third-order valence-electron chi connectivity index (χ3n) is 12.8. The molecule has 0 unspecified atom stereocenters. The van der Waals surface area contributed by atoms with E-state index in [0.717, 1.165) is 44.4 Å². The summed E-state index contributed by atoms with van der Waals surface area (Å²) in [5.74, 6) is 1.84. The van der Waals surface area contributed by atoms with Crippen molar-refractivity contribution in [1.29, 1.82) is 0 Å². The van der Waals surface area contributed by atoms with Crippen LogP contribution >= 0.6 is 0 Å². The summed E-state index contributed by atoms with van der Waals surface area (Å²) in [4.78, 5) is 9.60. The van der Waals surface area contributed by atoms with Gasteiger partial charge in [-0.25, -0.2) is 4.98 Å². The SMILES string of the molecule is [2H]C1([2H])CCCC([2H])([2H])C1(c1ccccc1)c1ccnc(-n2c3[c-]c(Oc4[c-]c(N5[CH-]N(c6c([Si](C)(C)C)cccc6[Si](C)(C)C)c6ccccc65)cc(C(C)C)c4)ccc3c3ccccc32)c1.[Pt]. The zero-order chi connectivity index (χ0) is 48.0. The maximum atomic E-state index is 9.53. The van der Waals surface area contributed by atoms with Crippen LogP contribution in [0.25, 0.3) is 27.6 Å². The van der Waals surface area contributed by atoms with Crippen molar-refractivity contribution in [1.82, 2.24) is 9.55 Å². The molecular weight excluding hydrogens is 1010 g/mol. The molecule has 0 radical (unpaired) electrons. The number of nitrogens with zero attached hydrogens (tertiary/aromatic N) is 4. The molecule has 0 spiro atoms. The largest absolute Gasteiger partial charge is 0.509 e. The number of hydrogen-bond acceptors (Lipinski definition) is 4. The molecule has 65 heavy (non-hydrogen) atoms. The molecule has 1 fully saturated rings. The summed E-state index contributed by atoms with van der Waals surface area (Å²) in [5.41, 5.74) is 6.77. The van der Waals surface area contributed by atoms with Crippen molar-refractivity contribution < 1.29 is 31.3 Å². The molecule has 0 amide bonds. The molecule has 8 aromatic rings. The molecule has 0 saturated heterocycles. The Balaban J connectivity index is 0.00000593. The van der Waals surface area contributed by atoms with Gasteiger partial charge < -0.3 is 19.1 Å². The fourth-order valence-corrected chi connectivity index (χ4v) is 12.8. The number of benzene rings is 6. The summed E-state index contributed by atoms with van der Waals surface area (Å²) in [6.45, 7) is 21.3. The number of ether oxygens (including phenoxy) is 1. The summed E-state index contributed by atoms with van der Waals surface area (Å²) in [6, 6.07) is 52.4. The van der Waals surface area contributed by atoms with Crippen LogP contribution in [-0.2, 0) is 26.5 Å². The van der Waals surface area contributed by atoms with Crippen LogP contribution in [0.1, 0.15) is 73.9 Å². The van der Waals surface area contributed by atoms with Gasteiger partial charge in [-0.3, -0.25) is 0 Å². The number of para-hydroxylation sites is 4. The van der Waals surface area contributed by atoms with E-state index in [1.165, 1.54) is 16.1 Å². The third-order valence-corrected chi connectivity index (χ3v) is 16.9. The van der Waals surface area contributed by atoms with E-state index < -0.39 is 34.3 Å². The topological polar surface area (TPSA) is 33.5 Å². The van der Waals surface area contributed by atoms with Gasteiger partial charge in [0.05, 0.1) is 16.1 Å². The second-order valence-electron chi connectivity index (χ2n) is 19.6. The van der Waals surface area contributed by atoms with Gasteiger partial charge in [-0.05, 0) is 75.9 Å². The van der Waals surface area contributed by atoms with Crippen LogP contribution in [0.5, 0.6) is 11.5 Å². The van der Waals surface area contributed by atoms with E-state index in [1.807, 2.05) is 59.2 Å². The summed E-state index contributed by atoms with van der Waals surface area (Å²) in [7, 11) is -3.55. The van der Waals surface area contributed by atoms with E-state index in [9.17, 15) is 5.48 Å². The van der Waals surface area contributed by atoms with Gasteiger partial charge >= 0.3 is 0 Å². The maximum absolute atomic E-state index is 9.53. The fraction of sp³-hybridized carbons (Fsp3) is 0.263. The molecule has 3 heterocycles. The van der Waals surface area contributed by atoms with Crippen LogP contribution in [0.3, 0.4) is 0 Å². The summed E-state index contributed by atoms with van der Waals surface area (Å²) >= 11 is 0. The number of fused-ring (bicyclic) bond motifs is 4. The van der Waals surface area contributed by atoms with E-state index in [4.69, 9.17) is 9.72 Å². The molecule has 10 rings (SSSR count). The number of pyridine rings is 1. The molecule has 2 aromatic heterocycles. The minimum atomic E-state index is -1.88. The van der Waals surface area contributed by atoms with E-state index in [-0.39, 0.29) is 39.8 Å². The van der Waals surface area contributed by atoms with Gasteiger partial charge in [-0.2, -0.15) is 6.07 Å². The van der Waals surface area contributed by atoms with Crippen LogP contribution in [0.2, 0.25) is 39.3 Å². The zero-order valence-electron chi connectivity index (χ0n) is 42.6. The van der Waals surface area contributed by atoms with Crippen molar-refractivity contribution in [2.75, 3.05) is 9.80 Å². The normalized spacial score (nSPS) is 17.6. The molecule has 1 aliphatic carbocycles. The van der Waals surface area contributed by atoms with Gasteiger partial charge in [-0.15, -0.1) is 53.6 Å². The predicted octanol–water partition coefficient (Wildman–Crippen LogP) is 14.4.